The molecule has 0 spiro atoms. The summed E-state index contributed by atoms with van der Waals surface area (Å²) in [7, 11) is 1.72. The smallest absolute Gasteiger partial charge is 0.435 e. The van der Waals surface area contributed by atoms with Gasteiger partial charge in [-0.2, -0.15) is 14.9 Å². The van der Waals surface area contributed by atoms with Gasteiger partial charge in [-0.3, -0.25) is 9.67 Å². The minimum Gasteiger partial charge on any atom is -0.442 e. The van der Waals surface area contributed by atoms with Gasteiger partial charge in [0.05, 0.1) is 18.0 Å². The number of nitrogens with two attached hydrogens (primary N) is 1. The van der Waals surface area contributed by atoms with Crippen LogP contribution in [0.5, 0.6) is 0 Å². The first kappa shape index (κ1) is 20.5. The molecule has 0 aliphatic heterocycles. The molecule has 0 bridgehead atoms. The molecule has 0 radical (unpaired) electrons. The van der Waals surface area contributed by atoms with E-state index in [2.05, 4.69) is 15.2 Å². The maximum atomic E-state index is 14.8. The van der Waals surface area contributed by atoms with Crippen LogP contribution in [0.25, 0.3) is 33.3 Å². The van der Waals surface area contributed by atoms with Crippen molar-refractivity contribution in [3.05, 3.63) is 48.6 Å². The Hall–Kier alpha value is -3.82. The number of rotatable bonds is 2. The van der Waals surface area contributed by atoms with Crippen LogP contribution in [0.1, 0.15) is 20.8 Å². The summed E-state index contributed by atoms with van der Waals surface area (Å²) in [6.45, 7) is 5.17. The van der Waals surface area contributed by atoms with E-state index in [0.29, 0.717) is 16.6 Å². The van der Waals surface area contributed by atoms with Gasteiger partial charge in [0.25, 0.3) is 0 Å². The molecule has 3 heterocycles. The number of hydrogen-bond acceptors (Lipinski definition) is 6. The molecule has 4 aromatic rings. The first-order valence-corrected chi connectivity index (χ1v) is 9.39. The third-order valence-corrected chi connectivity index (χ3v) is 4.47. The topological polar surface area (TPSA) is 101 Å². The van der Waals surface area contributed by atoms with Gasteiger partial charge in [0, 0.05) is 41.6 Å². The number of pyridine rings is 1. The van der Waals surface area contributed by atoms with E-state index >= 15 is 0 Å². The SMILES string of the molecule is Cn1cc(-c2nn(C(=O)OC(C)(C)C)c3cncc(-c4c(F)cc(N)cc4F)c23)cn1. The van der Waals surface area contributed by atoms with Crippen molar-refractivity contribution < 1.29 is 18.3 Å². The van der Waals surface area contributed by atoms with E-state index in [4.69, 9.17) is 10.5 Å². The first-order chi connectivity index (χ1) is 14.5. The van der Waals surface area contributed by atoms with Crippen LogP contribution in [0.2, 0.25) is 0 Å². The van der Waals surface area contributed by atoms with Crippen LogP contribution < -0.4 is 5.73 Å². The van der Waals surface area contributed by atoms with Crippen LogP contribution in [-0.2, 0) is 11.8 Å². The summed E-state index contributed by atoms with van der Waals surface area (Å²) in [6.07, 6.45) is 5.19. The van der Waals surface area contributed by atoms with E-state index in [1.54, 1.807) is 44.9 Å². The fraction of sp³-hybridized carbons (Fsp3) is 0.238. The number of aryl methyl sites for hydroxylation is 1. The number of anilines is 1. The molecule has 2 N–H and O–H groups in total. The summed E-state index contributed by atoms with van der Waals surface area (Å²) in [5, 5.41) is 8.86. The zero-order valence-corrected chi connectivity index (χ0v) is 17.3. The second-order valence-corrected chi connectivity index (χ2v) is 8.08. The van der Waals surface area contributed by atoms with Gasteiger partial charge in [0.1, 0.15) is 28.4 Å². The highest BCUT2D eigenvalue weighted by atomic mass is 19.1. The summed E-state index contributed by atoms with van der Waals surface area (Å²) in [6, 6.07) is 2.05. The summed E-state index contributed by atoms with van der Waals surface area (Å²) in [5.41, 5.74) is 5.65. The molecule has 10 heteroatoms. The Morgan fingerprint density at radius 1 is 1.13 bits per heavy atom. The zero-order chi connectivity index (χ0) is 22.5. The molecule has 0 aliphatic carbocycles. The van der Waals surface area contributed by atoms with E-state index in [1.807, 2.05) is 0 Å². The van der Waals surface area contributed by atoms with Crippen molar-refractivity contribution in [2.75, 3.05) is 5.73 Å². The lowest BCUT2D eigenvalue weighted by atomic mass is 9.99. The van der Waals surface area contributed by atoms with E-state index in [0.717, 1.165) is 16.8 Å². The minimum atomic E-state index is -0.853. The number of ether oxygens (including phenoxy) is 1. The number of carbonyl (C=O) groups is 1. The number of hydrogen-bond donors (Lipinski definition) is 1. The Morgan fingerprint density at radius 3 is 2.39 bits per heavy atom. The van der Waals surface area contributed by atoms with E-state index in [-0.39, 0.29) is 22.3 Å². The fourth-order valence-electron chi connectivity index (χ4n) is 3.29. The summed E-state index contributed by atoms with van der Waals surface area (Å²) >= 11 is 0. The van der Waals surface area contributed by atoms with Crippen molar-refractivity contribution in [2.24, 2.45) is 7.05 Å². The Morgan fingerprint density at radius 2 is 1.81 bits per heavy atom. The van der Waals surface area contributed by atoms with Crippen LogP contribution in [0.4, 0.5) is 19.3 Å². The molecule has 3 aromatic heterocycles. The average molecular weight is 426 g/mol. The van der Waals surface area contributed by atoms with Crippen molar-refractivity contribution in [1.29, 1.82) is 0 Å². The predicted octanol–water partition coefficient (Wildman–Crippen LogP) is 4.14. The van der Waals surface area contributed by atoms with E-state index in [1.165, 1.54) is 12.4 Å². The van der Waals surface area contributed by atoms with Gasteiger partial charge < -0.3 is 10.5 Å². The predicted molar refractivity (Wildman–Crippen MR) is 111 cm³/mol. The van der Waals surface area contributed by atoms with Gasteiger partial charge in [-0.15, -0.1) is 0 Å². The number of benzene rings is 1. The van der Waals surface area contributed by atoms with Gasteiger partial charge >= 0.3 is 6.09 Å². The number of nitrogens with zero attached hydrogens (tertiary/aromatic N) is 5. The van der Waals surface area contributed by atoms with Crippen molar-refractivity contribution >= 4 is 22.7 Å². The third-order valence-electron chi connectivity index (χ3n) is 4.47. The van der Waals surface area contributed by atoms with Crippen LogP contribution >= 0.6 is 0 Å². The lowest BCUT2D eigenvalue weighted by Crippen LogP contribution is -2.27. The molecule has 0 aliphatic rings. The molecule has 31 heavy (non-hydrogen) atoms. The van der Waals surface area contributed by atoms with Crippen molar-refractivity contribution in [3.63, 3.8) is 0 Å². The first-order valence-electron chi connectivity index (χ1n) is 9.39. The van der Waals surface area contributed by atoms with E-state index < -0.39 is 23.3 Å². The van der Waals surface area contributed by atoms with Gasteiger partial charge in [0.15, 0.2) is 0 Å². The maximum Gasteiger partial charge on any atom is 0.435 e. The van der Waals surface area contributed by atoms with Crippen LogP contribution in [-0.4, -0.2) is 36.2 Å². The molecule has 0 fully saturated rings. The molecule has 0 unspecified atom stereocenters. The fourth-order valence-corrected chi connectivity index (χ4v) is 3.29. The molecule has 1 aromatic carbocycles. The molecule has 8 nitrogen and oxygen atoms in total. The molecule has 0 saturated carbocycles. The summed E-state index contributed by atoms with van der Waals surface area (Å²) < 4.78 is 37.6. The Kier molecular flexibility index (Phi) is 4.72. The van der Waals surface area contributed by atoms with Crippen molar-refractivity contribution in [3.8, 4) is 22.4 Å². The molecular formula is C21H20F2N6O2. The standard InChI is InChI=1S/C21H20F2N6O2/c1-21(2,3)31-20(30)29-16-9-25-8-13(17-14(22)5-12(24)6-15(17)23)18(16)19(27-29)11-7-26-28(4)10-11/h5-10H,24H2,1-4H3. The molecule has 0 atom stereocenters. The molecular weight excluding hydrogens is 406 g/mol. The lowest BCUT2D eigenvalue weighted by molar-refractivity contribution is 0.0523. The monoisotopic (exact) mass is 426 g/mol. The lowest BCUT2D eigenvalue weighted by Gasteiger charge is -2.19. The number of aromatic nitrogens is 5. The third kappa shape index (κ3) is 3.72. The number of fused-ring (bicyclic) bond motifs is 1. The zero-order valence-electron chi connectivity index (χ0n) is 17.3. The Labute approximate surface area is 176 Å². The highest BCUT2D eigenvalue weighted by molar-refractivity contribution is 6.06. The highest BCUT2D eigenvalue weighted by Gasteiger charge is 2.27. The molecule has 0 saturated heterocycles. The number of carbonyl (C=O) groups excluding carboxylic acids is 1. The minimum absolute atomic E-state index is 0.0455. The second-order valence-electron chi connectivity index (χ2n) is 8.08. The quantitative estimate of drug-likeness (QED) is 0.484. The Balaban J connectivity index is 2.05. The number of halogens is 2. The van der Waals surface area contributed by atoms with Gasteiger partial charge in [-0.05, 0) is 32.9 Å². The second kappa shape index (κ2) is 7.15. The largest absolute Gasteiger partial charge is 0.442 e. The molecule has 4 rings (SSSR count). The normalized spacial score (nSPS) is 11.8. The van der Waals surface area contributed by atoms with Gasteiger partial charge in [-0.25, -0.2) is 13.6 Å². The average Bonchev–Trinajstić information content (AvgIpc) is 3.23. The van der Waals surface area contributed by atoms with Crippen molar-refractivity contribution in [2.45, 2.75) is 26.4 Å². The Bertz CT molecular complexity index is 1300. The van der Waals surface area contributed by atoms with Gasteiger partial charge in [-0.1, -0.05) is 0 Å². The molecule has 0 amide bonds. The summed E-state index contributed by atoms with van der Waals surface area (Å²) in [4.78, 5) is 16.9. The number of nitrogen functional groups attached to an aromatic ring is 1. The van der Waals surface area contributed by atoms with Crippen molar-refractivity contribution in [1.82, 2.24) is 24.5 Å². The van der Waals surface area contributed by atoms with Crippen LogP contribution in [0.15, 0.2) is 36.9 Å². The summed E-state index contributed by atoms with van der Waals surface area (Å²) in [5.74, 6) is -1.71. The van der Waals surface area contributed by atoms with Crippen LogP contribution in [0, 0.1) is 11.6 Å². The molecule has 160 valence electrons. The maximum absolute atomic E-state index is 14.8. The van der Waals surface area contributed by atoms with Gasteiger partial charge in [0.2, 0.25) is 0 Å². The highest BCUT2D eigenvalue weighted by Crippen LogP contribution is 2.38. The van der Waals surface area contributed by atoms with E-state index in [9.17, 15) is 13.6 Å². The van der Waals surface area contributed by atoms with Crippen LogP contribution in [0.3, 0.4) is 0 Å².